The van der Waals surface area contributed by atoms with Crippen LogP contribution in [0.4, 0.5) is 13.2 Å². The van der Waals surface area contributed by atoms with E-state index in [1.54, 1.807) is 6.07 Å². The Morgan fingerprint density at radius 2 is 1.74 bits per heavy atom. The fourth-order valence-corrected chi connectivity index (χ4v) is 2.25. The maximum atomic E-state index is 13.7. The largest absolute Gasteiger partial charge is 0.207 e. The van der Waals surface area contributed by atoms with Crippen molar-refractivity contribution >= 4 is 23.2 Å². The van der Waals surface area contributed by atoms with Crippen LogP contribution in [-0.2, 0) is 6.42 Å². The number of rotatable bonds is 3. The highest BCUT2D eigenvalue weighted by Crippen LogP contribution is 2.30. The first-order chi connectivity index (χ1) is 8.97. The van der Waals surface area contributed by atoms with Gasteiger partial charge in [-0.1, -0.05) is 23.7 Å². The van der Waals surface area contributed by atoms with Crippen molar-refractivity contribution in [2.45, 2.75) is 11.8 Å². The molecule has 100 valence electrons. The molecule has 19 heavy (non-hydrogen) atoms. The molecule has 0 aliphatic rings. The molecule has 1 unspecified atom stereocenters. The van der Waals surface area contributed by atoms with Crippen molar-refractivity contribution in [2.24, 2.45) is 0 Å². The molecule has 0 aliphatic heterocycles. The van der Waals surface area contributed by atoms with Crippen LogP contribution >= 0.6 is 23.2 Å². The van der Waals surface area contributed by atoms with Crippen molar-refractivity contribution in [3.63, 3.8) is 0 Å². The van der Waals surface area contributed by atoms with Gasteiger partial charge in [-0.2, -0.15) is 0 Å². The van der Waals surface area contributed by atoms with Gasteiger partial charge in [0.1, 0.15) is 17.5 Å². The lowest BCUT2D eigenvalue weighted by Gasteiger charge is -2.12. The molecule has 0 saturated heterocycles. The minimum Gasteiger partial charge on any atom is -0.207 e. The molecule has 2 aromatic carbocycles. The minimum atomic E-state index is -0.798. The van der Waals surface area contributed by atoms with E-state index in [1.165, 1.54) is 18.2 Å². The third kappa shape index (κ3) is 3.43. The quantitative estimate of drug-likeness (QED) is 0.534. The van der Waals surface area contributed by atoms with Gasteiger partial charge < -0.3 is 0 Å². The zero-order valence-corrected chi connectivity index (χ0v) is 11.2. The molecule has 2 aromatic rings. The Bertz CT molecular complexity index is 599. The smallest absolute Gasteiger partial charge is 0.142 e. The van der Waals surface area contributed by atoms with E-state index < -0.39 is 22.8 Å². The zero-order valence-electron chi connectivity index (χ0n) is 9.64. The third-order valence-corrected chi connectivity index (χ3v) is 3.36. The van der Waals surface area contributed by atoms with Gasteiger partial charge >= 0.3 is 0 Å². The SMILES string of the molecule is Fc1cccc(CC(Cl)c2cc(F)c(Cl)cc2F)c1. The summed E-state index contributed by atoms with van der Waals surface area (Å²) in [5.74, 6) is -1.81. The van der Waals surface area contributed by atoms with Crippen molar-refractivity contribution < 1.29 is 13.2 Å². The van der Waals surface area contributed by atoms with E-state index in [0.717, 1.165) is 12.1 Å². The van der Waals surface area contributed by atoms with Crippen LogP contribution in [0, 0.1) is 17.5 Å². The lowest BCUT2D eigenvalue weighted by Crippen LogP contribution is -2.01. The number of halogens is 5. The molecular weight excluding hydrogens is 296 g/mol. The van der Waals surface area contributed by atoms with Gasteiger partial charge in [0.05, 0.1) is 10.4 Å². The molecule has 0 bridgehead atoms. The number of hydrogen-bond acceptors (Lipinski definition) is 0. The first kappa shape index (κ1) is 14.2. The van der Waals surface area contributed by atoms with E-state index in [4.69, 9.17) is 23.2 Å². The van der Waals surface area contributed by atoms with Crippen molar-refractivity contribution in [1.82, 2.24) is 0 Å². The van der Waals surface area contributed by atoms with Crippen molar-refractivity contribution in [2.75, 3.05) is 0 Å². The van der Waals surface area contributed by atoms with Gasteiger partial charge in [-0.25, -0.2) is 13.2 Å². The summed E-state index contributed by atoms with van der Waals surface area (Å²) in [5.41, 5.74) is 0.614. The first-order valence-corrected chi connectivity index (χ1v) is 6.32. The minimum absolute atomic E-state index is 0.00725. The summed E-state index contributed by atoms with van der Waals surface area (Å²) >= 11 is 11.5. The molecule has 0 heterocycles. The normalized spacial score (nSPS) is 12.5. The summed E-state index contributed by atoms with van der Waals surface area (Å²) in [4.78, 5) is 0. The molecule has 2 rings (SSSR count). The number of alkyl halides is 1. The Hall–Kier alpha value is -1.19. The molecule has 0 saturated carbocycles. The van der Waals surface area contributed by atoms with Crippen LogP contribution in [0.1, 0.15) is 16.5 Å². The van der Waals surface area contributed by atoms with Gasteiger partial charge in [0, 0.05) is 5.56 Å². The van der Waals surface area contributed by atoms with Gasteiger partial charge in [-0.15, -0.1) is 11.6 Å². The maximum absolute atomic E-state index is 13.7. The molecule has 0 nitrogen and oxygen atoms in total. The summed E-state index contributed by atoms with van der Waals surface area (Å²) in [5, 5.41) is -1.09. The van der Waals surface area contributed by atoms with Crippen LogP contribution in [0.3, 0.4) is 0 Å². The molecule has 0 amide bonds. The Morgan fingerprint density at radius 1 is 1.00 bits per heavy atom. The Kier molecular flexibility index (Phi) is 4.38. The fourth-order valence-electron chi connectivity index (χ4n) is 1.76. The summed E-state index contributed by atoms with van der Waals surface area (Å²) in [6, 6.07) is 7.66. The highest BCUT2D eigenvalue weighted by atomic mass is 35.5. The lowest BCUT2D eigenvalue weighted by molar-refractivity contribution is 0.581. The highest BCUT2D eigenvalue weighted by Gasteiger charge is 2.17. The van der Waals surface area contributed by atoms with Crippen LogP contribution in [-0.4, -0.2) is 0 Å². The molecule has 5 heteroatoms. The van der Waals surface area contributed by atoms with Crippen LogP contribution in [0.15, 0.2) is 36.4 Å². The van der Waals surface area contributed by atoms with Crippen molar-refractivity contribution in [3.8, 4) is 0 Å². The van der Waals surface area contributed by atoms with Gasteiger partial charge in [0.15, 0.2) is 0 Å². The zero-order chi connectivity index (χ0) is 14.0. The lowest BCUT2D eigenvalue weighted by atomic mass is 10.0. The topological polar surface area (TPSA) is 0 Å². The van der Waals surface area contributed by atoms with Gasteiger partial charge in [0.2, 0.25) is 0 Å². The van der Waals surface area contributed by atoms with Gasteiger partial charge in [-0.05, 0) is 36.2 Å². The molecule has 0 radical (unpaired) electrons. The molecule has 1 atom stereocenters. The summed E-state index contributed by atoms with van der Waals surface area (Å²) < 4.78 is 40.0. The molecule has 0 spiro atoms. The van der Waals surface area contributed by atoms with Crippen LogP contribution < -0.4 is 0 Å². The molecule has 0 N–H and O–H groups in total. The van der Waals surface area contributed by atoms with Gasteiger partial charge in [0.25, 0.3) is 0 Å². The van der Waals surface area contributed by atoms with E-state index in [0.29, 0.717) is 5.56 Å². The van der Waals surface area contributed by atoms with Crippen molar-refractivity contribution in [1.29, 1.82) is 0 Å². The van der Waals surface area contributed by atoms with Crippen LogP contribution in [0.2, 0.25) is 5.02 Å². The summed E-state index contributed by atoms with van der Waals surface area (Å²) in [6.07, 6.45) is 0.192. The average Bonchev–Trinajstić information content (AvgIpc) is 2.33. The molecule has 0 aliphatic carbocycles. The first-order valence-electron chi connectivity index (χ1n) is 5.50. The average molecular weight is 305 g/mol. The van der Waals surface area contributed by atoms with E-state index >= 15 is 0 Å². The van der Waals surface area contributed by atoms with E-state index in [2.05, 4.69) is 0 Å². The second kappa shape index (κ2) is 5.85. The molecule has 0 fully saturated rings. The Labute approximate surface area is 118 Å². The van der Waals surface area contributed by atoms with Crippen LogP contribution in [0.5, 0.6) is 0 Å². The van der Waals surface area contributed by atoms with Crippen LogP contribution in [0.25, 0.3) is 0 Å². The standard InChI is InChI=1S/C14H9Cl2F3/c15-11(5-8-2-1-3-9(17)4-8)10-6-14(19)12(16)7-13(10)18/h1-4,6-7,11H,5H2. The number of hydrogen-bond donors (Lipinski definition) is 0. The Morgan fingerprint density at radius 3 is 2.42 bits per heavy atom. The summed E-state index contributed by atoms with van der Waals surface area (Å²) in [6.45, 7) is 0. The number of benzene rings is 2. The second-order valence-corrected chi connectivity index (χ2v) is 5.02. The third-order valence-electron chi connectivity index (χ3n) is 2.68. The van der Waals surface area contributed by atoms with E-state index in [1.807, 2.05) is 0 Å². The van der Waals surface area contributed by atoms with Crippen molar-refractivity contribution in [3.05, 3.63) is 70.0 Å². The van der Waals surface area contributed by atoms with E-state index in [9.17, 15) is 13.2 Å². The second-order valence-electron chi connectivity index (χ2n) is 4.09. The molecular formula is C14H9Cl2F3. The highest BCUT2D eigenvalue weighted by molar-refractivity contribution is 6.30. The monoisotopic (exact) mass is 304 g/mol. The molecule has 0 aromatic heterocycles. The Balaban J connectivity index is 2.25. The fraction of sp³-hybridized carbons (Fsp3) is 0.143. The predicted octanol–water partition coefficient (Wildman–Crippen LogP) is 5.28. The summed E-state index contributed by atoms with van der Waals surface area (Å²) in [7, 11) is 0. The van der Waals surface area contributed by atoms with Gasteiger partial charge in [-0.3, -0.25) is 0 Å². The predicted molar refractivity (Wildman–Crippen MR) is 70.1 cm³/mol. The van der Waals surface area contributed by atoms with E-state index in [-0.39, 0.29) is 17.0 Å². The maximum Gasteiger partial charge on any atom is 0.142 e.